The van der Waals surface area contributed by atoms with Crippen LogP contribution >= 0.6 is 0 Å². The average Bonchev–Trinajstić information content (AvgIpc) is 3.23. The van der Waals surface area contributed by atoms with Gasteiger partial charge < -0.3 is 15.2 Å². The first kappa shape index (κ1) is 15.0. The monoisotopic (exact) mass is 277 g/mol. The smallest absolute Gasteiger partial charge is 0.307 e. The van der Waals surface area contributed by atoms with Crippen molar-refractivity contribution in [3.63, 3.8) is 0 Å². The van der Waals surface area contributed by atoms with Crippen LogP contribution in [0.3, 0.4) is 0 Å². The molecule has 0 saturated heterocycles. The van der Waals surface area contributed by atoms with E-state index in [1.165, 1.54) is 12.8 Å². The Kier molecular flexibility index (Phi) is 6.02. The van der Waals surface area contributed by atoms with Gasteiger partial charge in [0.2, 0.25) is 0 Å². The van der Waals surface area contributed by atoms with Crippen LogP contribution in [-0.2, 0) is 22.5 Å². The van der Waals surface area contributed by atoms with Gasteiger partial charge in [0.1, 0.15) is 0 Å². The van der Waals surface area contributed by atoms with Crippen LogP contribution < -0.4 is 5.32 Å². The van der Waals surface area contributed by atoms with E-state index in [0.29, 0.717) is 6.54 Å². The summed E-state index contributed by atoms with van der Waals surface area (Å²) in [5.74, 6) is 0.0387. The number of ether oxygens (including phenoxy) is 1. The molecule has 0 bridgehead atoms. The highest BCUT2D eigenvalue weighted by molar-refractivity contribution is 5.70. The van der Waals surface area contributed by atoms with Crippen molar-refractivity contribution in [2.75, 3.05) is 19.8 Å². The van der Waals surface area contributed by atoms with Gasteiger partial charge in [-0.15, -0.1) is 0 Å². The summed E-state index contributed by atoms with van der Waals surface area (Å²) in [5, 5.41) is 12.2. The number of hydrogen-bond acceptors (Lipinski definition) is 3. The SMILES string of the molecule is O=C(O)Cc1ccccc1CNCCCOCC1CC1. The van der Waals surface area contributed by atoms with Crippen molar-refractivity contribution in [3.8, 4) is 0 Å². The van der Waals surface area contributed by atoms with Crippen molar-refractivity contribution in [1.29, 1.82) is 0 Å². The number of carboxylic acid groups (broad SMARTS) is 1. The Morgan fingerprint density at radius 2 is 2.05 bits per heavy atom. The number of rotatable bonds is 10. The second-order valence-electron chi connectivity index (χ2n) is 5.39. The average molecular weight is 277 g/mol. The lowest BCUT2D eigenvalue weighted by Crippen LogP contribution is -2.18. The fraction of sp³-hybridized carbons (Fsp3) is 0.562. The van der Waals surface area contributed by atoms with Crippen molar-refractivity contribution in [1.82, 2.24) is 5.32 Å². The molecular formula is C16H23NO3. The summed E-state index contributed by atoms with van der Waals surface area (Å²) in [5.41, 5.74) is 1.95. The first-order valence-corrected chi connectivity index (χ1v) is 7.32. The maximum atomic E-state index is 10.8. The molecule has 1 aromatic rings. The standard InChI is InChI=1S/C16H23NO3/c18-16(19)10-14-4-1-2-5-15(14)11-17-8-3-9-20-12-13-6-7-13/h1-2,4-5,13,17H,3,6-12H2,(H,18,19). The zero-order chi connectivity index (χ0) is 14.2. The molecule has 0 heterocycles. The molecule has 0 radical (unpaired) electrons. The van der Waals surface area contributed by atoms with Crippen LogP contribution in [0.2, 0.25) is 0 Å². The third-order valence-corrected chi connectivity index (χ3v) is 3.47. The van der Waals surface area contributed by atoms with Crippen LogP contribution in [0.5, 0.6) is 0 Å². The Balaban J connectivity index is 1.61. The lowest BCUT2D eigenvalue weighted by molar-refractivity contribution is -0.136. The fourth-order valence-corrected chi connectivity index (χ4v) is 2.12. The number of carboxylic acids is 1. The van der Waals surface area contributed by atoms with Gasteiger partial charge in [-0.3, -0.25) is 4.79 Å². The van der Waals surface area contributed by atoms with Gasteiger partial charge in [0.15, 0.2) is 0 Å². The minimum atomic E-state index is -0.786. The van der Waals surface area contributed by atoms with Crippen LogP contribution in [-0.4, -0.2) is 30.8 Å². The largest absolute Gasteiger partial charge is 0.481 e. The Morgan fingerprint density at radius 3 is 2.75 bits per heavy atom. The molecule has 4 heteroatoms. The zero-order valence-electron chi connectivity index (χ0n) is 11.8. The molecule has 0 aromatic heterocycles. The molecule has 0 spiro atoms. The number of nitrogens with one attached hydrogen (secondary N) is 1. The van der Waals surface area contributed by atoms with E-state index in [-0.39, 0.29) is 6.42 Å². The second-order valence-corrected chi connectivity index (χ2v) is 5.39. The quantitative estimate of drug-likeness (QED) is 0.644. The zero-order valence-corrected chi connectivity index (χ0v) is 11.8. The van der Waals surface area contributed by atoms with E-state index in [2.05, 4.69) is 5.32 Å². The third-order valence-electron chi connectivity index (χ3n) is 3.47. The minimum absolute atomic E-state index is 0.0857. The third kappa shape index (κ3) is 5.72. The summed E-state index contributed by atoms with van der Waals surface area (Å²) in [7, 11) is 0. The Hall–Kier alpha value is -1.39. The fourth-order valence-electron chi connectivity index (χ4n) is 2.12. The highest BCUT2D eigenvalue weighted by Crippen LogP contribution is 2.28. The van der Waals surface area contributed by atoms with E-state index in [1.54, 1.807) is 0 Å². The lowest BCUT2D eigenvalue weighted by Gasteiger charge is -2.09. The molecule has 2 N–H and O–H groups in total. The Bertz CT molecular complexity index is 429. The number of hydrogen-bond donors (Lipinski definition) is 2. The normalized spacial score (nSPS) is 14.4. The molecule has 1 aliphatic carbocycles. The van der Waals surface area contributed by atoms with Gasteiger partial charge in [-0.2, -0.15) is 0 Å². The molecule has 2 rings (SSSR count). The first-order chi connectivity index (χ1) is 9.75. The van der Waals surface area contributed by atoms with Crippen molar-refractivity contribution in [2.45, 2.75) is 32.2 Å². The van der Waals surface area contributed by atoms with Gasteiger partial charge in [-0.05, 0) is 42.9 Å². The van der Waals surface area contributed by atoms with Gasteiger partial charge in [-0.25, -0.2) is 0 Å². The summed E-state index contributed by atoms with van der Waals surface area (Å²) >= 11 is 0. The molecule has 0 amide bonds. The van der Waals surface area contributed by atoms with Gasteiger partial charge >= 0.3 is 5.97 Å². The van der Waals surface area contributed by atoms with Crippen LogP contribution in [0.25, 0.3) is 0 Å². The molecular weight excluding hydrogens is 254 g/mol. The molecule has 0 aliphatic heterocycles. The van der Waals surface area contributed by atoms with Crippen molar-refractivity contribution < 1.29 is 14.6 Å². The van der Waals surface area contributed by atoms with E-state index >= 15 is 0 Å². The predicted molar refractivity (Wildman–Crippen MR) is 77.6 cm³/mol. The summed E-state index contributed by atoms with van der Waals surface area (Å²) in [6.07, 6.45) is 3.74. The number of carbonyl (C=O) groups is 1. The van der Waals surface area contributed by atoms with Gasteiger partial charge in [0, 0.05) is 19.8 Å². The lowest BCUT2D eigenvalue weighted by atomic mass is 10.0. The highest BCUT2D eigenvalue weighted by atomic mass is 16.5. The van der Waals surface area contributed by atoms with Gasteiger partial charge in [0.25, 0.3) is 0 Å². The van der Waals surface area contributed by atoms with Crippen LogP contribution in [0.1, 0.15) is 30.4 Å². The van der Waals surface area contributed by atoms with E-state index < -0.39 is 5.97 Å². The number of benzene rings is 1. The van der Waals surface area contributed by atoms with Crippen LogP contribution in [0.4, 0.5) is 0 Å². The molecule has 20 heavy (non-hydrogen) atoms. The molecule has 4 nitrogen and oxygen atoms in total. The summed E-state index contributed by atoms with van der Waals surface area (Å²) < 4.78 is 5.57. The summed E-state index contributed by atoms with van der Waals surface area (Å²) in [6, 6.07) is 7.69. The predicted octanol–water partition coefficient (Wildman–Crippen LogP) is 2.22. The van der Waals surface area contributed by atoms with E-state index in [4.69, 9.17) is 9.84 Å². The molecule has 1 aliphatic rings. The van der Waals surface area contributed by atoms with Gasteiger partial charge in [-0.1, -0.05) is 24.3 Å². The van der Waals surface area contributed by atoms with Crippen LogP contribution in [0.15, 0.2) is 24.3 Å². The maximum absolute atomic E-state index is 10.8. The Labute approximate surface area is 120 Å². The minimum Gasteiger partial charge on any atom is -0.481 e. The molecule has 1 fully saturated rings. The second kappa shape index (κ2) is 8.02. The molecule has 0 unspecified atom stereocenters. The van der Waals surface area contributed by atoms with E-state index in [1.807, 2.05) is 24.3 Å². The molecule has 1 aromatic carbocycles. The van der Waals surface area contributed by atoms with E-state index in [0.717, 1.165) is 43.2 Å². The van der Waals surface area contributed by atoms with Gasteiger partial charge in [0.05, 0.1) is 6.42 Å². The van der Waals surface area contributed by atoms with Crippen molar-refractivity contribution in [2.24, 2.45) is 5.92 Å². The Morgan fingerprint density at radius 1 is 1.30 bits per heavy atom. The maximum Gasteiger partial charge on any atom is 0.307 e. The summed E-state index contributed by atoms with van der Waals surface area (Å²) in [6.45, 7) is 3.33. The molecule has 0 atom stereocenters. The molecule has 110 valence electrons. The van der Waals surface area contributed by atoms with Crippen LogP contribution in [0, 0.1) is 5.92 Å². The van der Waals surface area contributed by atoms with E-state index in [9.17, 15) is 4.79 Å². The number of aliphatic carboxylic acids is 1. The molecule has 1 saturated carbocycles. The summed E-state index contributed by atoms with van der Waals surface area (Å²) in [4.78, 5) is 10.8. The first-order valence-electron chi connectivity index (χ1n) is 7.32. The highest BCUT2D eigenvalue weighted by Gasteiger charge is 2.20. The van der Waals surface area contributed by atoms with Crippen molar-refractivity contribution >= 4 is 5.97 Å². The van der Waals surface area contributed by atoms with Crippen molar-refractivity contribution in [3.05, 3.63) is 35.4 Å². The topological polar surface area (TPSA) is 58.6 Å².